The van der Waals surface area contributed by atoms with Crippen molar-refractivity contribution in [1.29, 1.82) is 0 Å². The number of piperidine rings is 1. The minimum absolute atomic E-state index is 0.173. The molecule has 0 amide bonds. The number of rotatable bonds is 5. The summed E-state index contributed by atoms with van der Waals surface area (Å²) < 4.78 is 5.58. The molecular formula is C17H25NO2. The Morgan fingerprint density at radius 1 is 1.35 bits per heavy atom. The number of hydrogen-bond acceptors (Lipinski definition) is 3. The molecule has 1 fully saturated rings. The van der Waals surface area contributed by atoms with Crippen molar-refractivity contribution >= 4 is 5.78 Å². The Morgan fingerprint density at radius 3 is 2.70 bits per heavy atom. The van der Waals surface area contributed by atoms with E-state index < -0.39 is 0 Å². The largest absolute Gasteiger partial charge is 0.493 e. The molecule has 0 radical (unpaired) electrons. The fraction of sp³-hybridized carbons (Fsp3) is 0.588. The summed E-state index contributed by atoms with van der Waals surface area (Å²) in [6.45, 7) is 9.40. The molecule has 1 saturated heterocycles. The lowest BCUT2D eigenvalue weighted by molar-refractivity contribution is 0.0896. The van der Waals surface area contributed by atoms with Crippen molar-refractivity contribution in [3.05, 3.63) is 29.3 Å². The van der Waals surface area contributed by atoms with Crippen LogP contribution in [0.3, 0.4) is 0 Å². The van der Waals surface area contributed by atoms with Gasteiger partial charge in [-0.3, -0.25) is 9.69 Å². The standard InChI is InChI=1S/C17H25NO2/c1-4-20-17-6-5-14(3)11-15(17)16(19)12-18-9-7-13(2)8-10-18/h5-6,11,13H,4,7-10,12H2,1-3H3. The Bertz CT molecular complexity index is 462. The molecule has 1 aliphatic heterocycles. The average Bonchev–Trinajstić information content (AvgIpc) is 2.43. The number of benzene rings is 1. The van der Waals surface area contributed by atoms with Crippen LogP contribution in [0, 0.1) is 12.8 Å². The molecule has 20 heavy (non-hydrogen) atoms. The average molecular weight is 275 g/mol. The van der Waals surface area contributed by atoms with E-state index in [1.807, 2.05) is 32.0 Å². The quantitative estimate of drug-likeness (QED) is 0.772. The van der Waals surface area contributed by atoms with Crippen molar-refractivity contribution < 1.29 is 9.53 Å². The van der Waals surface area contributed by atoms with Gasteiger partial charge in [-0.15, -0.1) is 0 Å². The van der Waals surface area contributed by atoms with E-state index >= 15 is 0 Å². The van der Waals surface area contributed by atoms with Gasteiger partial charge in [-0.25, -0.2) is 0 Å². The Kier molecular flexibility index (Phi) is 5.18. The molecular weight excluding hydrogens is 250 g/mol. The summed E-state index contributed by atoms with van der Waals surface area (Å²) in [5.41, 5.74) is 1.83. The summed E-state index contributed by atoms with van der Waals surface area (Å²) in [5, 5.41) is 0. The van der Waals surface area contributed by atoms with Gasteiger partial charge in [0.2, 0.25) is 0 Å². The molecule has 0 spiro atoms. The second-order valence-electron chi connectivity index (χ2n) is 5.81. The molecule has 0 bridgehead atoms. The third-order valence-corrected chi connectivity index (χ3v) is 3.98. The molecule has 3 nitrogen and oxygen atoms in total. The highest BCUT2D eigenvalue weighted by atomic mass is 16.5. The van der Waals surface area contributed by atoms with Gasteiger partial charge in [-0.1, -0.05) is 18.6 Å². The monoisotopic (exact) mass is 275 g/mol. The van der Waals surface area contributed by atoms with Crippen LogP contribution in [-0.4, -0.2) is 36.9 Å². The zero-order valence-corrected chi connectivity index (χ0v) is 12.8. The van der Waals surface area contributed by atoms with E-state index in [-0.39, 0.29) is 5.78 Å². The summed E-state index contributed by atoms with van der Waals surface area (Å²) in [6.07, 6.45) is 2.39. The maximum absolute atomic E-state index is 12.5. The van der Waals surface area contributed by atoms with E-state index in [2.05, 4.69) is 11.8 Å². The van der Waals surface area contributed by atoms with E-state index in [1.165, 1.54) is 12.8 Å². The van der Waals surface area contributed by atoms with E-state index in [4.69, 9.17) is 4.74 Å². The van der Waals surface area contributed by atoms with Crippen LogP contribution in [0.5, 0.6) is 5.75 Å². The smallest absolute Gasteiger partial charge is 0.180 e. The molecule has 2 rings (SSSR count). The van der Waals surface area contributed by atoms with Crippen molar-refractivity contribution in [3.8, 4) is 5.75 Å². The number of aryl methyl sites for hydroxylation is 1. The maximum Gasteiger partial charge on any atom is 0.180 e. The number of carbonyl (C=O) groups excluding carboxylic acids is 1. The van der Waals surface area contributed by atoms with E-state index in [1.54, 1.807) is 0 Å². The minimum atomic E-state index is 0.173. The molecule has 0 aliphatic carbocycles. The summed E-state index contributed by atoms with van der Waals surface area (Å²) >= 11 is 0. The summed E-state index contributed by atoms with van der Waals surface area (Å²) in [7, 11) is 0. The molecule has 0 N–H and O–H groups in total. The predicted molar refractivity (Wildman–Crippen MR) is 81.5 cm³/mol. The van der Waals surface area contributed by atoms with Crippen LogP contribution in [-0.2, 0) is 0 Å². The van der Waals surface area contributed by atoms with Crippen molar-refractivity contribution in [2.45, 2.75) is 33.6 Å². The summed E-state index contributed by atoms with van der Waals surface area (Å²) in [4.78, 5) is 14.8. The van der Waals surface area contributed by atoms with Gasteiger partial charge in [-0.05, 0) is 57.8 Å². The zero-order chi connectivity index (χ0) is 14.5. The number of Topliss-reactive ketones (excluding diaryl/α,β-unsaturated/α-hetero) is 1. The molecule has 110 valence electrons. The van der Waals surface area contributed by atoms with Gasteiger partial charge in [0.05, 0.1) is 18.7 Å². The van der Waals surface area contributed by atoms with Crippen LogP contribution in [0.2, 0.25) is 0 Å². The lowest BCUT2D eigenvalue weighted by Gasteiger charge is -2.29. The molecule has 3 heteroatoms. The van der Waals surface area contributed by atoms with Crippen LogP contribution in [0.25, 0.3) is 0 Å². The van der Waals surface area contributed by atoms with Crippen LogP contribution < -0.4 is 4.74 Å². The van der Waals surface area contributed by atoms with E-state index in [0.717, 1.165) is 30.1 Å². The molecule has 0 aromatic heterocycles. The van der Waals surface area contributed by atoms with Gasteiger partial charge in [0.25, 0.3) is 0 Å². The summed E-state index contributed by atoms with van der Waals surface area (Å²) in [5.74, 6) is 1.68. The number of likely N-dealkylation sites (tertiary alicyclic amines) is 1. The van der Waals surface area contributed by atoms with Gasteiger partial charge in [0.15, 0.2) is 5.78 Å². The highest BCUT2D eigenvalue weighted by Gasteiger charge is 2.20. The van der Waals surface area contributed by atoms with Crippen LogP contribution in [0.1, 0.15) is 42.6 Å². The third-order valence-electron chi connectivity index (χ3n) is 3.98. The van der Waals surface area contributed by atoms with Crippen LogP contribution in [0.4, 0.5) is 0 Å². The molecule has 0 unspecified atom stereocenters. The number of hydrogen-bond donors (Lipinski definition) is 0. The Balaban J connectivity index is 2.06. The van der Waals surface area contributed by atoms with Gasteiger partial charge in [-0.2, -0.15) is 0 Å². The topological polar surface area (TPSA) is 29.5 Å². The molecule has 1 aliphatic rings. The first-order valence-corrected chi connectivity index (χ1v) is 7.59. The van der Waals surface area contributed by atoms with Gasteiger partial charge in [0, 0.05) is 0 Å². The Hall–Kier alpha value is -1.35. The van der Waals surface area contributed by atoms with E-state index in [0.29, 0.717) is 18.9 Å². The Labute approximate surface area is 121 Å². The first kappa shape index (κ1) is 15.0. The number of nitrogens with zero attached hydrogens (tertiary/aromatic N) is 1. The number of carbonyl (C=O) groups is 1. The zero-order valence-electron chi connectivity index (χ0n) is 12.8. The van der Waals surface area contributed by atoms with E-state index in [9.17, 15) is 4.79 Å². The van der Waals surface area contributed by atoms with Crippen molar-refractivity contribution in [1.82, 2.24) is 4.90 Å². The first-order valence-electron chi connectivity index (χ1n) is 7.59. The first-order chi connectivity index (χ1) is 9.60. The fourth-order valence-electron chi connectivity index (χ4n) is 2.65. The second-order valence-corrected chi connectivity index (χ2v) is 5.81. The molecule has 0 atom stereocenters. The normalized spacial score (nSPS) is 17.1. The third kappa shape index (κ3) is 3.83. The van der Waals surface area contributed by atoms with Crippen molar-refractivity contribution in [3.63, 3.8) is 0 Å². The van der Waals surface area contributed by atoms with Crippen LogP contribution in [0.15, 0.2) is 18.2 Å². The molecule has 1 heterocycles. The maximum atomic E-state index is 12.5. The van der Waals surface area contributed by atoms with Gasteiger partial charge < -0.3 is 4.74 Å². The molecule has 1 aromatic rings. The van der Waals surface area contributed by atoms with Crippen molar-refractivity contribution in [2.24, 2.45) is 5.92 Å². The fourth-order valence-corrected chi connectivity index (χ4v) is 2.65. The van der Waals surface area contributed by atoms with Crippen molar-refractivity contribution in [2.75, 3.05) is 26.2 Å². The predicted octanol–water partition coefficient (Wildman–Crippen LogP) is 3.31. The second kappa shape index (κ2) is 6.89. The highest BCUT2D eigenvalue weighted by molar-refractivity contribution is 6.00. The SMILES string of the molecule is CCOc1ccc(C)cc1C(=O)CN1CCC(C)CC1. The number of ether oxygens (including phenoxy) is 1. The highest BCUT2D eigenvalue weighted by Crippen LogP contribution is 2.22. The van der Waals surface area contributed by atoms with Crippen LogP contribution >= 0.6 is 0 Å². The molecule has 0 saturated carbocycles. The summed E-state index contributed by atoms with van der Waals surface area (Å²) in [6, 6.07) is 5.84. The molecule has 1 aromatic carbocycles. The Morgan fingerprint density at radius 2 is 2.05 bits per heavy atom. The lowest BCUT2D eigenvalue weighted by atomic mass is 9.98. The van der Waals surface area contributed by atoms with Gasteiger partial charge >= 0.3 is 0 Å². The minimum Gasteiger partial charge on any atom is -0.493 e. The van der Waals surface area contributed by atoms with Gasteiger partial charge in [0.1, 0.15) is 5.75 Å². The lowest BCUT2D eigenvalue weighted by Crippen LogP contribution is -2.36. The number of ketones is 1.